The van der Waals surface area contributed by atoms with Gasteiger partial charge in [-0.1, -0.05) is 11.6 Å². The Bertz CT molecular complexity index is 919. The second kappa shape index (κ2) is 7.43. The van der Waals surface area contributed by atoms with Gasteiger partial charge < -0.3 is 10.2 Å². The monoisotopic (exact) mass is 437 g/mol. The van der Waals surface area contributed by atoms with Crippen LogP contribution in [0.1, 0.15) is 23.2 Å². The van der Waals surface area contributed by atoms with Crippen molar-refractivity contribution in [2.24, 2.45) is 0 Å². The SMILES string of the molecule is O=C(Nc1cc(N2CCCC2=O)ccc1Cl)c1ccc(Br)c([N+](=O)[O-])c1. The fourth-order valence-corrected chi connectivity index (χ4v) is 3.24. The Balaban J connectivity index is 1.86. The first-order valence-electron chi connectivity index (χ1n) is 7.72. The van der Waals surface area contributed by atoms with Crippen molar-refractivity contribution < 1.29 is 14.5 Å². The zero-order valence-electron chi connectivity index (χ0n) is 13.4. The number of nitro groups is 1. The standard InChI is InChI=1S/C17H13BrClN3O4/c18-12-5-3-10(8-15(12)22(25)26)17(24)20-14-9-11(4-6-13(14)19)21-7-1-2-16(21)23/h3-6,8-9H,1-2,7H2,(H,20,24). The van der Waals surface area contributed by atoms with E-state index in [0.717, 1.165) is 6.42 Å². The summed E-state index contributed by atoms with van der Waals surface area (Å²) in [7, 11) is 0. The van der Waals surface area contributed by atoms with Gasteiger partial charge in [0.05, 0.1) is 20.1 Å². The maximum Gasteiger partial charge on any atom is 0.284 e. The average Bonchev–Trinajstić information content (AvgIpc) is 3.03. The summed E-state index contributed by atoms with van der Waals surface area (Å²) in [5.74, 6) is -0.513. The minimum Gasteiger partial charge on any atom is -0.321 e. The van der Waals surface area contributed by atoms with Crippen molar-refractivity contribution in [1.82, 2.24) is 0 Å². The number of halogens is 2. The normalized spacial score (nSPS) is 13.8. The van der Waals surface area contributed by atoms with Gasteiger partial charge in [-0.15, -0.1) is 0 Å². The lowest BCUT2D eigenvalue weighted by atomic mass is 10.2. The van der Waals surface area contributed by atoms with Gasteiger partial charge in [0.15, 0.2) is 0 Å². The van der Waals surface area contributed by atoms with Crippen LogP contribution in [0, 0.1) is 10.1 Å². The Kier molecular flexibility index (Phi) is 5.24. The Labute approximate surface area is 162 Å². The molecule has 7 nitrogen and oxygen atoms in total. The number of hydrogen-bond acceptors (Lipinski definition) is 4. The minimum absolute atomic E-state index is 0.0214. The van der Waals surface area contributed by atoms with Crippen LogP contribution in [0.5, 0.6) is 0 Å². The van der Waals surface area contributed by atoms with E-state index in [2.05, 4.69) is 21.2 Å². The van der Waals surface area contributed by atoms with Crippen LogP contribution in [-0.4, -0.2) is 23.3 Å². The van der Waals surface area contributed by atoms with Crippen LogP contribution in [0.15, 0.2) is 40.9 Å². The molecule has 134 valence electrons. The molecule has 1 aliphatic rings. The first-order valence-corrected chi connectivity index (χ1v) is 8.89. The van der Waals surface area contributed by atoms with Gasteiger partial charge in [-0.3, -0.25) is 19.7 Å². The van der Waals surface area contributed by atoms with E-state index in [9.17, 15) is 19.7 Å². The minimum atomic E-state index is -0.576. The van der Waals surface area contributed by atoms with Crippen LogP contribution < -0.4 is 10.2 Å². The highest BCUT2D eigenvalue weighted by Gasteiger charge is 2.23. The fraction of sp³-hybridized carbons (Fsp3) is 0.176. The summed E-state index contributed by atoms with van der Waals surface area (Å²) in [5.41, 5.74) is 0.896. The smallest absolute Gasteiger partial charge is 0.284 e. The average molecular weight is 439 g/mol. The zero-order chi connectivity index (χ0) is 18.8. The third-order valence-electron chi connectivity index (χ3n) is 3.99. The van der Waals surface area contributed by atoms with Gasteiger partial charge in [0, 0.05) is 30.3 Å². The number of amides is 2. The predicted octanol–water partition coefficient (Wildman–Crippen LogP) is 4.39. The lowest BCUT2D eigenvalue weighted by Gasteiger charge is -2.17. The van der Waals surface area contributed by atoms with Gasteiger partial charge in [0.2, 0.25) is 5.91 Å². The van der Waals surface area contributed by atoms with Gasteiger partial charge in [0.1, 0.15) is 0 Å². The Morgan fingerprint density at radius 3 is 2.69 bits per heavy atom. The molecular formula is C17H13BrClN3O4. The number of nitro benzene ring substituents is 1. The number of hydrogen-bond donors (Lipinski definition) is 1. The summed E-state index contributed by atoms with van der Waals surface area (Å²) in [5, 5.41) is 14.0. The highest BCUT2D eigenvalue weighted by molar-refractivity contribution is 9.10. The van der Waals surface area contributed by atoms with Crippen LogP contribution in [0.25, 0.3) is 0 Å². The van der Waals surface area contributed by atoms with Crippen molar-refractivity contribution in [3.8, 4) is 0 Å². The van der Waals surface area contributed by atoms with E-state index in [-0.39, 0.29) is 21.6 Å². The first-order chi connectivity index (χ1) is 12.4. The molecule has 0 unspecified atom stereocenters. The quantitative estimate of drug-likeness (QED) is 0.566. The molecule has 26 heavy (non-hydrogen) atoms. The fourth-order valence-electron chi connectivity index (χ4n) is 2.69. The molecular weight excluding hydrogens is 426 g/mol. The van der Waals surface area contributed by atoms with Crippen molar-refractivity contribution >= 4 is 56.4 Å². The number of nitrogens with one attached hydrogen (secondary N) is 1. The first kappa shape index (κ1) is 18.3. The van der Waals surface area contributed by atoms with Crippen molar-refractivity contribution in [2.45, 2.75) is 12.8 Å². The molecule has 9 heteroatoms. The van der Waals surface area contributed by atoms with Crippen molar-refractivity contribution in [3.05, 3.63) is 61.6 Å². The maximum atomic E-state index is 12.5. The number of nitrogens with zero attached hydrogens (tertiary/aromatic N) is 2. The van der Waals surface area contributed by atoms with Crippen molar-refractivity contribution in [2.75, 3.05) is 16.8 Å². The Morgan fingerprint density at radius 2 is 2.04 bits per heavy atom. The highest BCUT2D eigenvalue weighted by atomic mass is 79.9. The van der Waals surface area contributed by atoms with Crippen molar-refractivity contribution in [1.29, 1.82) is 0 Å². The number of carbonyl (C=O) groups excluding carboxylic acids is 2. The topological polar surface area (TPSA) is 92.6 Å². The van der Waals surface area contributed by atoms with Crippen LogP contribution in [0.4, 0.5) is 17.1 Å². The van der Waals surface area contributed by atoms with Gasteiger partial charge >= 0.3 is 0 Å². The molecule has 1 fully saturated rings. The highest BCUT2D eigenvalue weighted by Crippen LogP contribution is 2.31. The molecule has 0 atom stereocenters. The number of anilines is 2. The molecule has 1 N–H and O–H groups in total. The van der Waals surface area contributed by atoms with Gasteiger partial charge in [-0.25, -0.2) is 0 Å². The summed E-state index contributed by atoms with van der Waals surface area (Å²) in [4.78, 5) is 36.4. The number of benzene rings is 2. The summed E-state index contributed by atoms with van der Waals surface area (Å²) < 4.78 is 0.284. The molecule has 2 aromatic rings. The van der Waals surface area contributed by atoms with Gasteiger partial charge in [-0.2, -0.15) is 0 Å². The van der Waals surface area contributed by atoms with Crippen LogP contribution in [0.3, 0.4) is 0 Å². The number of carbonyl (C=O) groups is 2. The van der Waals surface area contributed by atoms with E-state index in [1.807, 2.05) is 0 Å². The Morgan fingerprint density at radius 1 is 1.27 bits per heavy atom. The Hall–Kier alpha value is -2.45. The summed E-state index contributed by atoms with van der Waals surface area (Å²) in [6, 6.07) is 9.02. The van der Waals surface area contributed by atoms with Gasteiger partial charge in [0.25, 0.3) is 11.6 Å². The summed E-state index contributed by atoms with van der Waals surface area (Å²) >= 11 is 9.22. The molecule has 0 aromatic heterocycles. The van der Waals surface area contributed by atoms with Crippen LogP contribution >= 0.6 is 27.5 Å². The molecule has 3 rings (SSSR count). The van der Waals surface area contributed by atoms with Gasteiger partial charge in [-0.05, 0) is 52.7 Å². The summed E-state index contributed by atoms with van der Waals surface area (Å²) in [6.07, 6.45) is 1.28. The van der Waals surface area contributed by atoms with E-state index in [1.54, 1.807) is 23.1 Å². The van der Waals surface area contributed by atoms with E-state index in [4.69, 9.17) is 11.6 Å². The third kappa shape index (κ3) is 3.71. The molecule has 0 spiro atoms. The molecule has 1 saturated heterocycles. The third-order valence-corrected chi connectivity index (χ3v) is 4.99. The second-order valence-electron chi connectivity index (χ2n) is 5.69. The van der Waals surface area contributed by atoms with E-state index in [1.165, 1.54) is 18.2 Å². The molecule has 1 aliphatic heterocycles. The molecule has 0 aliphatic carbocycles. The zero-order valence-corrected chi connectivity index (χ0v) is 15.7. The van der Waals surface area contributed by atoms with E-state index in [0.29, 0.717) is 29.4 Å². The lowest BCUT2D eigenvalue weighted by molar-refractivity contribution is -0.385. The molecule has 2 aromatic carbocycles. The molecule has 0 bridgehead atoms. The molecule has 0 radical (unpaired) electrons. The van der Waals surface area contributed by atoms with E-state index < -0.39 is 10.8 Å². The van der Waals surface area contributed by atoms with Crippen molar-refractivity contribution in [3.63, 3.8) is 0 Å². The van der Waals surface area contributed by atoms with Crippen LogP contribution in [-0.2, 0) is 4.79 Å². The molecule has 1 heterocycles. The molecule has 0 saturated carbocycles. The summed E-state index contributed by atoms with van der Waals surface area (Å²) in [6.45, 7) is 0.618. The lowest BCUT2D eigenvalue weighted by Crippen LogP contribution is -2.23. The molecule has 2 amide bonds. The van der Waals surface area contributed by atoms with E-state index >= 15 is 0 Å². The predicted molar refractivity (Wildman–Crippen MR) is 102 cm³/mol. The maximum absolute atomic E-state index is 12.5. The largest absolute Gasteiger partial charge is 0.321 e. The van der Waals surface area contributed by atoms with Crippen LogP contribution in [0.2, 0.25) is 5.02 Å². The number of rotatable bonds is 4. The second-order valence-corrected chi connectivity index (χ2v) is 6.95.